The van der Waals surface area contributed by atoms with Gasteiger partial charge in [0.2, 0.25) is 0 Å². The van der Waals surface area contributed by atoms with Crippen molar-refractivity contribution in [3.05, 3.63) is 29.3 Å². The Morgan fingerprint density at radius 1 is 1.32 bits per heavy atom. The molecule has 0 aromatic heterocycles. The molecule has 1 atom stereocenters. The van der Waals surface area contributed by atoms with Crippen LogP contribution >= 0.6 is 11.6 Å². The second-order valence-electron chi connectivity index (χ2n) is 4.12. The number of aliphatic hydroxyl groups excluding tert-OH is 1. The maximum absolute atomic E-state index is 12.9. The third-order valence-corrected chi connectivity index (χ3v) is 2.72. The molecule has 0 spiro atoms. The van der Waals surface area contributed by atoms with E-state index in [2.05, 4.69) is 0 Å². The summed E-state index contributed by atoms with van der Waals surface area (Å²) < 4.78 is 35.7. The number of ether oxygens (including phenoxy) is 2. The van der Waals surface area contributed by atoms with Gasteiger partial charge in [0.25, 0.3) is 5.92 Å². The van der Waals surface area contributed by atoms with Crippen molar-refractivity contribution in [1.82, 2.24) is 0 Å². The van der Waals surface area contributed by atoms with Crippen LogP contribution in [0, 0.1) is 0 Å². The molecule has 1 rings (SSSR count). The van der Waals surface area contributed by atoms with Crippen molar-refractivity contribution < 1.29 is 23.4 Å². The summed E-state index contributed by atoms with van der Waals surface area (Å²) in [6, 6.07) is 6.80. The predicted molar refractivity (Wildman–Crippen MR) is 69.0 cm³/mol. The van der Waals surface area contributed by atoms with E-state index in [0.717, 1.165) is 0 Å². The molecular weight excluding hydrogens is 278 g/mol. The highest BCUT2D eigenvalue weighted by Crippen LogP contribution is 2.23. The summed E-state index contributed by atoms with van der Waals surface area (Å²) in [4.78, 5) is 0. The number of benzene rings is 1. The highest BCUT2D eigenvalue weighted by Gasteiger charge is 2.26. The van der Waals surface area contributed by atoms with Gasteiger partial charge in [-0.1, -0.05) is 30.7 Å². The molecule has 1 aromatic rings. The standard InChI is InChI=1S/C13H17ClF2O3/c1-2-13(15,16)9-18-7-10(17)8-19-12-6-4-3-5-11(12)14/h3-6,10,17H,2,7-9H2,1H3. The summed E-state index contributed by atoms with van der Waals surface area (Å²) in [6.45, 7) is 0.397. The van der Waals surface area contributed by atoms with Gasteiger partial charge in [-0.3, -0.25) is 0 Å². The fourth-order valence-corrected chi connectivity index (χ4v) is 1.43. The van der Waals surface area contributed by atoms with Crippen molar-refractivity contribution in [2.75, 3.05) is 19.8 Å². The molecule has 0 radical (unpaired) electrons. The Hall–Kier alpha value is -0.910. The van der Waals surface area contributed by atoms with Gasteiger partial charge in [-0.25, -0.2) is 8.78 Å². The average Bonchev–Trinajstić information content (AvgIpc) is 2.37. The zero-order valence-corrected chi connectivity index (χ0v) is 11.4. The second-order valence-corrected chi connectivity index (χ2v) is 4.53. The van der Waals surface area contributed by atoms with Gasteiger partial charge in [0, 0.05) is 6.42 Å². The van der Waals surface area contributed by atoms with Crippen LogP contribution in [0.15, 0.2) is 24.3 Å². The van der Waals surface area contributed by atoms with Gasteiger partial charge in [0.1, 0.15) is 25.1 Å². The average molecular weight is 295 g/mol. The second kappa shape index (κ2) is 7.62. The van der Waals surface area contributed by atoms with E-state index in [1.54, 1.807) is 24.3 Å². The number of alkyl halides is 2. The van der Waals surface area contributed by atoms with Gasteiger partial charge in [0.15, 0.2) is 0 Å². The monoisotopic (exact) mass is 294 g/mol. The minimum atomic E-state index is -2.86. The molecule has 3 nitrogen and oxygen atoms in total. The first-order valence-corrected chi connectivity index (χ1v) is 6.33. The number of hydrogen-bond donors (Lipinski definition) is 1. The van der Waals surface area contributed by atoms with Gasteiger partial charge < -0.3 is 14.6 Å². The lowest BCUT2D eigenvalue weighted by atomic mass is 10.3. The SMILES string of the molecule is CCC(F)(F)COCC(O)COc1ccccc1Cl. The van der Waals surface area contributed by atoms with E-state index in [4.69, 9.17) is 21.1 Å². The largest absolute Gasteiger partial charge is 0.489 e. The third kappa shape index (κ3) is 6.18. The zero-order chi connectivity index (χ0) is 14.3. The molecule has 1 aromatic carbocycles. The lowest BCUT2D eigenvalue weighted by molar-refractivity contribution is -0.0960. The van der Waals surface area contributed by atoms with E-state index in [-0.39, 0.29) is 19.6 Å². The van der Waals surface area contributed by atoms with Gasteiger partial charge in [-0.2, -0.15) is 0 Å². The fourth-order valence-electron chi connectivity index (χ4n) is 1.24. The van der Waals surface area contributed by atoms with Crippen molar-refractivity contribution in [3.8, 4) is 5.75 Å². The number of halogens is 3. The molecule has 0 saturated carbocycles. The van der Waals surface area contributed by atoms with Crippen LogP contribution in [0.5, 0.6) is 5.75 Å². The lowest BCUT2D eigenvalue weighted by Crippen LogP contribution is -2.28. The van der Waals surface area contributed by atoms with E-state index in [1.165, 1.54) is 6.92 Å². The van der Waals surface area contributed by atoms with E-state index in [0.29, 0.717) is 10.8 Å². The highest BCUT2D eigenvalue weighted by molar-refractivity contribution is 6.32. The molecule has 19 heavy (non-hydrogen) atoms. The molecule has 0 heterocycles. The fraction of sp³-hybridized carbons (Fsp3) is 0.538. The molecule has 0 amide bonds. The maximum Gasteiger partial charge on any atom is 0.270 e. The first-order chi connectivity index (χ1) is 8.94. The van der Waals surface area contributed by atoms with Crippen LogP contribution in [-0.2, 0) is 4.74 Å². The van der Waals surface area contributed by atoms with Crippen LogP contribution in [0.2, 0.25) is 5.02 Å². The van der Waals surface area contributed by atoms with E-state index >= 15 is 0 Å². The Balaban J connectivity index is 2.25. The first-order valence-electron chi connectivity index (χ1n) is 5.95. The molecule has 0 aliphatic rings. The molecule has 6 heteroatoms. The zero-order valence-electron chi connectivity index (χ0n) is 10.6. The van der Waals surface area contributed by atoms with Crippen LogP contribution in [0.1, 0.15) is 13.3 Å². The smallest absolute Gasteiger partial charge is 0.270 e. The van der Waals surface area contributed by atoms with Gasteiger partial charge >= 0.3 is 0 Å². The molecular formula is C13H17ClF2O3. The quantitative estimate of drug-likeness (QED) is 0.800. The lowest BCUT2D eigenvalue weighted by Gasteiger charge is -2.17. The van der Waals surface area contributed by atoms with Crippen molar-refractivity contribution in [1.29, 1.82) is 0 Å². The van der Waals surface area contributed by atoms with Crippen LogP contribution in [0.25, 0.3) is 0 Å². The summed E-state index contributed by atoms with van der Waals surface area (Å²) in [5, 5.41) is 9.96. The van der Waals surface area contributed by atoms with Crippen LogP contribution in [-0.4, -0.2) is 37.0 Å². The summed E-state index contributed by atoms with van der Waals surface area (Å²) in [6.07, 6.45) is -1.27. The minimum absolute atomic E-state index is 0.0680. The Labute approximate surface area is 116 Å². The van der Waals surface area contributed by atoms with E-state index in [9.17, 15) is 13.9 Å². The van der Waals surface area contributed by atoms with Gasteiger partial charge in [0.05, 0.1) is 11.6 Å². The normalized spacial score (nSPS) is 13.3. The van der Waals surface area contributed by atoms with Crippen molar-refractivity contribution in [2.24, 2.45) is 0 Å². The number of aliphatic hydroxyl groups is 1. The molecule has 108 valence electrons. The Morgan fingerprint density at radius 3 is 2.63 bits per heavy atom. The molecule has 0 aliphatic carbocycles. The topological polar surface area (TPSA) is 38.7 Å². The number of hydrogen-bond acceptors (Lipinski definition) is 3. The molecule has 0 bridgehead atoms. The summed E-state index contributed by atoms with van der Waals surface area (Å²) >= 11 is 5.85. The molecule has 0 saturated heterocycles. The van der Waals surface area contributed by atoms with Gasteiger partial charge in [-0.15, -0.1) is 0 Å². The Bertz CT molecular complexity index is 388. The number of rotatable bonds is 8. The van der Waals surface area contributed by atoms with Crippen LogP contribution < -0.4 is 4.74 Å². The highest BCUT2D eigenvalue weighted by atomic mass is 35.5. The van der Waals surface area contributed by atoms with Crippen molar-refractivity contribution >= 4 is 11.6 Å². The Morgan fingerprint density at radius 2 is 2.00 bits per heavy atom. The molecule has 0 fully saturated rings. The maximum atomic E-state index is 12.9. The molecule has 0 aliphatic heterocycles. The van der Waals surface area contributed by atoms with Crippen molar-refractivity contribution in [3.63, 3.8) is 0 Å². The third-order valence-electron chi connectivity index (χ3n) is 2.41. The van der Waals surface area contributed by atoms with Crippen LogP contribution in [0.4, 0.5) is 8.78 Å². The predicted octanol–water partition coefficient (Wildman–Crippen LogP) is 3.14. The summed E-state index contributed by atoms with van der Waals surface area (Å²) in [5.41, 5.74) is 0. The molecule has 1 unspecified atom stereocenters. The van der Waals surface area contributed by atoms with Gasteiger partial charge in [-0.05, 0) is 12.1 Å². The Kier molecular flexibility index (Phi) is 6.48. The van der Waals surface area contributed by atoms with E-state index in [1.807, 2.05) is 0 Å². The molecule has 1 N–H and O–H groups in total. The minimum Gasteiger partial charge on any atom is -0.489 e. The summed E-state index contributed by atoms with van der Waals surface area (Å²) in [7, 11) is 0. The van der Waals surface area contributed by atoms with E-state index < -0.39 is 18.6 Å². The summed E-state index contributed by atoms with van der Waals surface area (Å²) in [5.74, 6) is -2.43. The number of para-hydroxylation sites is 1. The first kappa shape index (κ1) is 16.1. The van der Waals surface area contributed by atoms with Crippen molar-refractivity contribution in [2.45, 2.75) is 25.4 Å². The van der Waals surface area contributed by atoms with Crippen LogP contribution in [0.3, 0.4) is 0 Å².